The summed E-state index contributed by atoms with van der Waals surface area (Å²) in [5.41, 5.74) is 3.87. The Bertz CT molecular complexity index is 548. The largest absolute Gasteiger partial charge is 0.293 e. The monoisotopic (exact) mass is 270 g/mol. The highest BCUT2D eigenvalue weighted by Crippen LogP contribution is 2.38. The Kier molecular flexibility index (Phi) is 3.96. The molecule has 0 radical (unpaired) electrons. The molecule has 1 heteroatoms. The molecular weight excluding hydrogens is 244 g/mol. The van der Waals surface area contributed by atoms with Gasteiger partial charge in [0, 0.05) is 11.8 Å². The average molecular weight is 270 g/mol. The number of rotatable bonds is 0. The standard InChI is InChI=1S/C19H26O/c1-14-6-10-19(5,12-15(14)2)11-8-16-7-9-18(3,4)13-17(16)20/h7H,6,9-10,12-13H2,1-5H3. The predicted octanol–water partition coefficient (Wildman–Crippen LogP) is 4.83. The molecule has 0 fully saturated rings. The summed E-state index contributed by atoms with van der Waals surface area (Å²) in [5, 5.41) is 0. The van der Waals surface area contributed by atoms with Crippen molar-refractivity contribution < 1.29 is 4.79 Å². The molecule has 1 nitrogen and oxygen atoms in total. The van der Waals surface area contributed by atoms with Crippen molar-refractivity contribution in [2.75, 3.05) is 0 Å². The second-order valence-corrected chi connectivity index (χ2v) is 7.63. The van der Waals surface area contributed by atoms with E-state index in [2.05, 4.69) is 46.5 Å². The Morgan fingerprint density at radius 1 is 1.10 bits per heavy atom. The summed E-state index contributed by atoms with van der Waals surface area (Å²) in [6.07, 6.45) is 6.91. The lowest BCUT2D eigenvalue weighted by Gasteiger charge is -2.30. The molecule has 2 rings (SSSR count). The predicted molar refractivity (Wildman–Crippen MR) is 84.2 cm³/mol. The molecule has 0 bridgehead atoms. The van der Waals surface area contributed by atoms with Crippen molar-refractivity contribution in [3.05, 3.63) is 22.8 Å². The van der Waals surface area contributed by atoms with Crippen molar-refractivity contribution >= 4 is 5.78 Å². The number of hydrogen-bond donors (Lipinski definition) is 0. The van der Waals surface area contributed by atoms with Crippen LogP contribution < -0.4 is 0 Å². The molecule has 0 saturated heterocycles. The van der Waals surface area contributed by atoms with E-state index in [9.17, 15) is 4.79 Å². The maximum absolute atomic E-state index is 12.1. The van der Waals surface area contributed by atoms with E-state index >= 15 is 0 Å². The fourth-order valence-corrected chi connectivity index (χ4v) is 3.04. The van der Waals surface area contributed by atoms with Crippen molar-refractivity contribution in [3.8, 4) is 11.8 Å². The lowest BCUT2D eigenvalue weighted by Crippen LogP contribution is -2.23. The Morgan fingerprint density at radius 3 is 2.40 bits per heavy atom. The summed E-state index contributed by atoms with van der Waals surface area (Å²) < 4.78 is 0. The third-order valence-electron chi connectivity index (χ3n) is 4.73. The Hall–Kier alpha value is -1.29. The molecule has 20 heavy (non-hydrogen) atoms. The number of Topliss-reactive ketones (excluding diaryl/α,β-unsaturated/α-hetero) is 1. The zero-order valence-corrected chi connectivity index (χ0v) is 13.5. The highest BCUT2D eigenvalue weighted by atomic mass is 16.1. The number of hydrogen-bond acceptors (Lipinski definition) is 1. The van der Waals surface area contributed by atoms with Gasteiger partial charge in [0.1, 0.15) is 0 Å². The molecule has 2 aliphatic rings. The van der Waals surface area contributed by atoms with Crippen LogP contribution in [-0.4, -0.2) is 5.78 Å². The molecule has 0 aromatic rings. The van der Waals surface area contributed by atoms with Gasteiger partial charge in [0.05, 0.1) is 5.57 Å². The van der Waals surface area contributed by atoms with Gasteiger partial charge in [-0.1, -0.05) is 42.9 Å². The summed E-state index contributed by atoms with van der Waals surface area (Å²) in [4.78, 5) is 12.1. The first-order valence-corrected chi connectivity index (χ1v) is 7.63. The number of carbonyl (C=O) groups excluding carboxylic acids is 1. The van der Waals surface area contributed by atoms with Gasteiger partial charge in [-0.15, -0.1) is 0 Å². The number of ketones is 1. The first kappa shape index (κ1) is 15.1. The quantitative estimate of drug-likeness (QED) is 0.455. The molecule has 1 unspecified atom stereocenters. The highest BCUT2D eigenvalue weighted by molar-refractivity contribution is 6.00. The third kappa shape index (κ3) is 3.42. The van der Waals surface area contributed by atoms with Gasteiger partial charge in [-0.25, -0.2) is 0 Å². The first-order valence-electron chi connectivity index (χ1n) is 7.63. The molecule has 0 amide bonds. The van der Waals surface area contributed by atoms with E-state index in [-0.39, 0.29) is 16.6 Å². The lowest BCUT2D eigenvalue weighted by molar-refractivity contribution is -0.117. The second kappa shape index (κ2) is 5.24. The molecule has 0 aliphatic heterocycles. The van der Waals surface area contributed by atoms with Crippen molar-refractivity contribution in [1.29, 1.82) is 0 Å². The van der Waals surface area contributed by atoms with E-state index in [0.717, 1.165) is 31.3 Å². The van der Waals surface area contributed by atoms with Crippen LogP contribution in [0.25, 0.3) is 0 Å². The summed E-state index contributed by atoms with van der Waals surface area (Å²) in [6, 6.07) is 0. The maximum Gasteiger partial charge on any atom is 0.171 e. The summed E-state index contributed by atoms with van der Waals surface area (Å²) in [6.45, 7) is 10.9. The van der Waals surface area contributed by atoms with Crippen LogP contribution in [0.4, 0.5) is 0 Å². The first-order chi connectivity index (χ1) is 9.21. The topological polar surface area (TPSA) is 17.1 Å². The Balaban J connectivity index is 2.16. The summed E-state index contributed by atoms with van der Waals surface area (Å²) >= 11 is 0. The van der Waals surface area contributed by atoms with Gasteiger partial charge in [-0.05, 0) is 51.9 Å². The van der Waals surface area contributed by atoms with Crippen molar-refractivity contribution in [3.63, 3.8) is 0 Å². The van der Waals surface area contributed by atoms with E-state index in [1.165, 1.54) is 11.1 Å². The average Bonchev–Trinajstić information content (AvgIpc) is 2.33. The summed E-state index contributed by atoms with van der Waals surface area (Å²) in [7, 11) is 0. The summed E-state index contributed by atoms with van der Waals surface area (Å²) in [5.74, 6) is 6.82. The smallest absolute Gasteiger partial charge is 0.171 e. The van der Waals surface area contributed by atoms with Gasteiger partial charge in [0.15, 0.2) is 5.78 Å². The van der Waals surface area contributed by atoms with Crippen LogP contribution >= 0.6 is 0 Å². The third-order valence-corrected chi connectivity index (χ3v) is 4.73. The van der Waals surface area contributed by atoms with Crippen LogP contribution in [0.5, 0.6) is 0 Å². The van der Waals surface area contributed by atoms with E-state index in [4.69, 9.17) is 0 Å². The molecule has 108 valence electrons. The highest BCUT2D eigenvalue weighted by Gasteiger charge is 2.29. The van der Waals surface area contributed by atoms with Crippen molar-refractivity contribution in [2.45, 2.75) is 66.7 Å². The van der Waals surface area contributed by atoms with Crippen LogP contribution in [-0.2, 0) is 4.79 Å². The zero-order chi connectivity index (χ0) is 15.0. The van der Waals surface area contributed by atoms with Gasteiger partial charge >= 0.3 is 0 Å². The second-order valence-electron chi connectivity index (χ2n) is 7.63. The number of carbonyl (C=O) groups is 1. The fraction of sp³-hybridized carbons (Fsp3) is 0.632. The zero-order valence-electron chi connectivity index (χ0n) is 13.5. The van der Waals surface area contributed by atoms with E-state index in [1.807, 2.05) is 6.08 Å². The number of allylic oxidation sites excluding steroid dienone is 4. The van der Waals surface area contributed by atoms with Crippen LogP contribution in [0.3, 0.4) is 0 Å². The van der Waals surface area contributed by atoms with Gasteiger partial charge < -0.3 is 0 Å². The fourth-order valence-electron chi connectivity index (χ4n) is 3.04. The van der Waals surface area contributed by atoms with E-state index in [0.29, 0.717) is 6.42 Å². The van der Waals surface area contributed by atoms with Crippen LogP contribution in [0.15, 0.2) is 22.8 Å². The molecular formula is C19H26O. The minimum atomic E-state index is 0.0394. The molecule has 0 heterocycles. The minimum absolute atomic E-state index is 0.0394. The Morgan fingerprint density at radius 2 is 1.80 bits per heavy atom. The molecule has 0 N–H and O–H groups in total. The van der Waals surface area contributed by atoms with Gasteiger partial charge in [0.25, 0.3) is 0 Å². The van der Waals surface area contributed by atoms with E-state index < -0.39 is 0 Å². The molecule has 0 aromatic heterocycles. The normalized spacial score (nSPS) is 29.6. The van der Waals surface area contributed by atoms with Gasteiger partial charge in [0.2, 0.25) is 0 Å². The van der Waals surface area contributed by atoms with Crippen LogP contribution in [0.2, 0.25) is 0 Å². The molecule has 0 aromatic carbocycles. The van der Waals surface area contributed by atoms with Crippen molar-refractivity contribution in [2.24, 2.45) is 10.8 Å². The Labute approximate surface area is 123 Å². The lowest BCUT2D eigenvalue weighted by atomic mass is 9.73. The maximum atomic E-state index is 12.1. The van der Waals surface area contributed by atoms with Gasteiger partial charge in [-0.3, -0.25) is 4.79 Å². The molecule has 0 saturated carbocycles. The molecule has 0 spiro atoms. The van der Waals surface area contributed by atoms with E-state index in [1.54, 1.807) is 0 Å². The SMILES string of the molecule is CC1=C(C)CC(C)(C#CC2=CCC(C)(C)CC2=O)CC1. The molecule has 1 atom stereocenters. The minimum Gasteiger partial charge on any atom is -0.293 e. The van der Waals surface area contributed by atoms with Gasteiger partial charge in [-0.2, -0.15) is 0 Å². The van der Waals surface area contributed by atoms with Crippen molar-refractivity contribution in [1.82, 2.24) is 0 Å². The van der Waals surface area contributed by atoms with Crippen LogP contribution in [0.1, 0.15) is 66.7 Å². The van der Waals surface area contributed by atoms with Crippen LogP contribution in [0, 0.1) is 22.7 Å². The molecule has 2 aliphatic carbocycles.